The molecule has 0 bridgehead atoms. The van der Waals surface area contributed by atoms with Crippen LogP contribution in [0.15, 0.2) is 97.1 Å². The van der Waals surface area contributed by atoms with Crippen molar-refractivity contribution in [2.45, 2.75) is 41.0 Å². The maximum Gasteiger partial charge on any atom is 0.176 e. The summed E-state index contributed by atoms with van der Waals surface area (Å²) >= 11 is 0. The number of benzene rings is 1. The van der Waals surface area contributed by atoms with Gasteiger partial charge in [0.2, 0.25) is 0 Å². The molecule has 1 aliphatic heterocycles. The fourth-order valence-electron chi connectivity index (χ4n) is 3.96. The van der Waals surface area contributed by atoms with Crippen LogP contribution >= 0.6 is 0 Å². The van der Waals surface area contributed by atoms with Gasteiger partial charge >= 0.3 is 0 Å². The minimum absolute atomic E-state index is 0.0159. The van der Waals surface area contributed by atoms with Crippen molar-refractivity contribution in [2.75, 3.05) is 0 Å². The molecule has 0 saturated heterocycles. The molecule has 0 aromatic heterocycles. The Bertz CT molecular complexity index is 1070. The van der Waals surface area contributed by atoms with Gasteiger partial charge in [-0.15, -0.1) is 0 Å². The van der Waals surface area contributed by atoms with Crippen LogP contribution in [0.4, 0.5) is 0 Å². The molecule has 1 aromatic rings. The summed E-state index contributed by atoms with van der Waals surface area (Å²) in [6.45, 7) is 21.7. The molecule has 2 nitrogen and oxygen atoms in total. The van der Waals surface area contributed by atoms with Crippen molar-refractivity contribution in [3.8, 4) is 0 Å². The summed E-state index contributed by atoms with van der Waals surface area (Å²) < 4.78 is 0. The van der Waals surface area contributed by atoms with Gasteiger partial charge in [-0.05, 0) is 64.8 Å². The first kappa shape index (κ1) is 24.9. The maximum atomic E-state index is 12.1. The van der Waals surface area contributed by atoms with E-state index in [1.165, 1.54) is 16.7 Å². The van der Waals surface area contributed by atoms with Crippen LogP contribution < -0.4 is 0 Å². The van der Waals surface area contributed by atoms with Gasteiger partial charge in [0.1, 0.15) is 0 Å². The van der Waals surface area contributed by atoms with Crippen molar-refractivity contribution in [3.05, 3.63) is 114 Å². The minimum Gasteiger partial charge on any atom is -0.314 e. The molecule has 0 radical (unpaired) electrons. The second kappa shape index (κ2) is 11.3. The summed E-state index contributed by atoms with van der Waals surface area (Å²) in [5.74, 6) is 0.472. The van der Waals surface area contributed by atoms with E-state index in [1.54, 1.807) is 6.92 Å². The van der Waals surface area contributed by atoms with E-state index < -0.39 is 0 Å². The van der Waals surface area contributed by atoms with E-state index in [0.717, 1.165) is 28.8 Å². The lowest BCUT2D eigenvalue weighted by atomic mass is 9.82. The second-order valence-electron chi connectivity index (χ2n) is 7.69. The Hall–Kier alpha value is -3.39. The fraction of sp³-hybridized carbons (Fsp3) is 0.233. The minimum atomic E-state index is 0.0159. The zero-order valence-corrected chi connectivity index (χ0v) is 20.1. The summed E-state index contributed by atoms with van der Waals surface area (Å²) in [4.78, 5) is 14.0. The number of nitrogens with zero attached hydrogens (tertiary/aromatic N) is 1. The number of rotatable bonds is 6. The molecule has 0 fully saturated rings. The highest BCUT2D eigenvalue weighted by Gasteiger charge is 2.22. The van der Waals surface area contributed by atoms with Crippen LogP contribution in [0.3, 0.4) is 0 Å². The van der Waals surface area contributed by atoms with Crippen molar-refractivity contribution < 1.29 is 4.79 Å². The average Bonchev–Trinajstić information content (AvgIpc) is 2.81. The summed E-state index contributed by atoms with van der Waals surface area (Å²) in [5, 5.41) is 0. The third kappa shape index (κ3) is 5.26. The molecular formula is C30H35NO. The Morgan fingerprint density at radius 1 is 1.09 bits per heavy atom. The average molecular weight is 426 g/mol. The monoisotopic (exact) mass is 425 g/mol. The van der Waals surface area contributed by atoms with Gasteiger partial charge < -0.3 is 4.90 Å². The normalized spacial score (nSPS) is 18.1. The first-order valence-electron chi connectivity index (χ1n) is 11.3. The van der Waals surface area contributed by atoms with Gasteiger partial charge in [0.25, 0.3) is 0 Å². The second-order valence-corrected chi connectivity index (χ2v) is 7.69. The highest BCUT2D eigenvalue weighted by atomic mass is 16.1. The topological polar surface area (TPSA) is 20.3 Å². The Kier molecular flexibility index (Phi) is 8.78. The van der Waals surface area contributed by atoms with Crippen LogP contribution in [0.5, 0.6) is 0 Å². The van der Waals surface area contributed by atoms with E-state index in [1.807, 2.05) is 56.2 Å². The number of ketones is 1. The predicted molar refractivity (Wildman–Crippen MR) is 140 cm³/mol. The van der Waals surface area contributed by atoms with Gasteiger partial charge in [-0.2, -0.15) is 0 Å². The molecule has 0 saturated carbocycles. The van der Waals surface area contributed by atoms with E-state index in [2.05, 4.69) is 63.1 Å². The van der Waals surface area contributed by atoms with Crippen molar-refractivity contribution in [2.24, 2.45) is 5.92 Å². The molecule has 1 unspecified atom stereocenters. The number of carbonyl (C=O) groups excluding carboxylic acids is 1. The van der Waals surface area contributed by atoms with Gasteiger partial charge in [0, 0.05) is 18.8 Å². The fourth-order valence-corrected chi connectivity index (χ4v) is 3.96. The van der Waals surface area contributed by atoms with Crippen LogP contribution in [0.1, 0.15) is 57.7 Å². The molecular weight excluding hydrogens is 390 g/mol. The van der Waals surface area contributed by atoms with Crippen molar-refractivity contribution in [1.82, 2.24) is 4.90 Å². The summed E-state index contributed by atoms with van der Waals surface area (Å²) in [5.41, 5.74) is 8.27. The third-order valence-electron chi connectivity index (χ3n) is 5.56. The molecule has 0 N–H and O–H groups in total. The van der Waals surface area contributed by atoms with Crippen LogP contribution in [0, 0.1) is 5.92 Å². The number of hydrogen-bond acceptors (Lipinski definition) is 2. The van der Waals surface area contributed by atoms with Gasteiger partial charge in [-0.3, -0.25) is 4.79 Å². The maximum absolute atomic E-state index is 12.1. The molecule has 3 rings (SSSR count). The Morgan fingerprint density at radius 3 is 2.38 bits per heavy atom. The molecule has 1 aromatic carbocycles. The molecule has 0 spiro atoms. The number of carbonyl (C=O) groups is 1. The number of hydrogen-bond donors (Lipinski definition) is 0. The summed E-state index contributed by atoms with van der Waals surface area (Å²) in [6, 6.07) is 6.43. The van der Waals surface area contributed by atoms with E-state index >= 15 is 0 Å². The lowest BCUT2D eigenvalue weighted by Gasteiger charge is -2.29. The van der Waals surface area contributed by atoms with Crippen molar-refractivity contribution >= 4 is 23.5 Å². The number of allylic oxidation sites excluding steroid dienone is 9. The Balaban J connectivity index is 0.00000176. The largest absolute Gasteiger partial charge is 0.314 e. The van der Waals surface area contributed by atoms with E-state index in [9.17, 15) is 4.79 Å². The molecule has 1 atom stereocenters. The van der Waals surface area contributed by atoms with Gasteiger partial charge in [-0.1, -0.05) is 89.1 Å². The first-order valence-corrected chi connectivity index (χ1v) is 11.3. The lowest BCUT2D eigenvalue weighted by molar-refractivity contribution is -0.114. The summed E-state index contributed by atoms with van der Waals surface area (Å²) in [7, 11) is 0. The quantitative estimate of drug-likeness (QED) is 0.429. The van der Waals surface area contributed by atoms with Gasteiger partial charge in [0.05, 0.1) is 5.70 Å². The van der Waals surface area contributed by atoms with E-state index in [4.69, 9.17) is 0 Å². The zero-order chi connectivity index (χ0) is 23.8. The molecule has 2 aliphatic rings. The molecule has 0 amide bonds. The van der Waals surface area contributed by atoms with Crippen LogP contribution in [-0.2, 0) is 4.79 Å². The third-order valence-corrected chi connectivity index (χ3v) is 5.56. The lowest BCUT2D eigenvalue weighted by Crippen LogP contribution is -2.22. The molecule has 1 aliphatic carbocycles. The summed E-state index contributed by atoms with van der Waals surface area (Å²) in [6.07, 6.45) is 17.0. The predicted octanol–water partition coefficient (Wildman–Crippen LogP) is 8.11. The highest BCUT2D eigenvalue weighted by Crippen LogP contribution is 2.38. The smallest absolute Gasteiger partial charge is 0.176 e. The Labute approximate surface area is 194 Å². The van der Waals surface area contributed by atoms with Crippen LogP contribution in [-0.4, -0.2) is 10.7 Å². The van der Waals surface area contributed by atoms with Crippen molar-refractivity contribution in [1.29, 1.82) is 0 Å². The Morgan fingerprint density at radius 2 is 1.78 bits per heavy atom. The van der Waals surface area contributed by atoms with Crippen molar-refractivity contribution in [3.63, 3.8) is 0 Å². The molecule has 32 heavy (non-hydrogen) atoms. The molecule has 166 valence electrons. The highest BCUT2D eigenvalue weighted by molar-refractivity contribution is 5.93. The van der Waals surface area contributed by atoms with Gasteiger partial charge in [-0.25, -0.2) is 0 Å². The van der Waals surface area contributed by atoms with E-state index in [0.29, 0.717) is 11.6 Å². The van der Waals surface area contributed by atoms with Gasteiger partial charge in [0.15, 0.2) is 5.78 Å². The SMILES string of the molecule is C=Cc1ccc(C2=C(C3=CN(/C(=C\C)C(C)=O)C(=C)C=C3)C=CC(C)C2)cc1C=C.CC. The number of Topliss-reactive ketones (excluding diaryl/α,β-unsaturated/α-hetero) is 1. The van der Waals surface area contributed by atoms with Crippen LogP contribution in [0.2, 0.25) is 0 Å². The molecule has 1 heterocycles. The standard InChI is InChI=1S/C28H29NO.C2H6/c1-7-22-13-14-24(17-23(22)8-2)27-16-19(4)10-15-26(27)25-12-11-20(5)29(18-25)28(9-3)21(6)30;1-2/h7-15,17-19H,1-2,5,16H2,3-4,6H3;1-2H3/b28-9-;. The molecule has 2 heteroatoms. The van der Waals surface area contributed by atoms with Crippen LogP contribution in [0.25, 0.3) is 17.7 Å². The van der Waals surface area contributed by atoms with E-state index in [-0.39, 0.29) is 5.78 Å². The zero-order valence-electron chi connectivity index (χ0n) is 20.1. The first-order chi connectivity index (χ1) is 15.4.